The number of para-hydroxylation sites is 2. The number of aromatic nitrogens is 6. The largest absolute Gasteiger partial charge is 0.377 e. The first kappa shape index (κ1) is 20.4. The molecule has 1 aliphatic carbocycles. The minimum absolute atomic E-state index is 0.0661. The number of nitrogens with one attached hydrogen (secondary N) is 1. The Kier molecular flexibility index (Phi) is 4.56. The summed E-state index contributed by atoms with van der Waals surface area (Å²) in [7, 11) is -1.84. The molecule has 6 rings (SSSR count). The maximum absolute atomic E-state index is 13.1. The molecule has 0 radical (unpaired) electrons. The second-order valence-electron chi connectivity index (χ2n) is 8.44. The predicted octanol–water partition coefficient (Wildman–Crippen LogP) is 1.77. The Balaban J connectivity index is 1.65. The average Bonchev–Trinajstić information content (AvgIpc) is 3.49. The predicted molar refractivity (Wildman–Crippen MR) is 124 cm³/mol. The van der Waals surface area contributed by atoms with E-state index in [0.29, 0.717) is 55.7 Å². The molecule has 1 N–H and O–H groups in total. The highest BCUT2D eigenvalue weighted by molar-refractivity contribution is 7.90. The second-order valence-corrected chi connectivity index (χ2v) is 10.5. The summed E-state index contributed by atoms with van der Waals surface area (Å²) in [5, 5.41) is 7.56. The monoisotopic (exact) mass is 468 g/mol. The van der Waals surface area contributed by atoms with Crippen LogP contribution in [0.1, 0.15) is 19.8 Å². The van der Waals surface area contributed by atoms with Gasteiger partial charge in [-0.3, -0.25) is 0 Å². The second kappa shape index (κ2) is 7.39. The van der Waals surface area contributed by atoms with Gasteiger partial charge in [-0.1, -0.05) is 12.1 Å². The smallest absolute Gasteiger partial charge is 0.258 e. The molecule has 2 fully saturated rings. The van der Waals surface area contributed by atoms with E-state index in [1.807, 2.05) is 28.8 Å². The summed E-state index contributed by atoms with van der Waals surface area (Å²) in [5.41, 5.74) is 1.88. The quantitative estimate of drug-likeness (QED) is 0.467. The fraction of sp³-hybridized carbons (Fsp3) is 0.429. The number of fused-ring (bicyclic) bond motifs is 2. The van der Waals surface area contributed by atoms with Crippen molar-refractivity contribution in [2.75, 3.05) is 37.0 Å². The van der Waals surface area contributed by atoms with Gasteiger partial charge in [0.1, 0.15) is 5.82 Å². The third-order valence-electron chi connectivity index (χ3n) is 6.18. The molecule has 12 heteroatoms. The van der Waals surface area contributed by atoms with Gasteiger partial charge in [0.05, 0.1) is 47.1 Å². The molecular formula is C21H24N8O3S. The number of hydrogen-bond donors (Lipinski definition) is 1. The third-order valence-corrected chi connectivity index (χ3v) is 8.24. The zero-order valence-corrected chi connectivity index (χ0v) is 19.2. The van der Waals surface area contributed by atoms with Crippen LogP contribution in [0.3, 0.4) is 0 Å². The van der Waals surface area contributed by atoms with Crippen LogP contribution in [0.25, 0.3) is 28.0 Å². The van der Waals surface area contributed by atoms with Gasteiger partial charge in [0, 0.05) is 13.6 Å². The highest BCUT2D eigenvalue weighted by Gasteiger charge is 2.39. The topological polar surface area (TPSA) is 120 Å². The van der Waals surface area contributed by atoms with Crippen molar-refractivity contribution in [3.05, 3.63) is 30.5 Å². The minimum Gasteiger partial charge on any atom is -0.377 e. The zero-order chi connectivity index (χ0) is 22.7. The molecule has 4 heterocycles. The van der Waals surface area contributed by atoms with Crippen LogP contribution in [-0.2, 0) is 14.8 Å². The number of imidazole rings is 1. The summed E-state index contributed by atoms with van der Waals surface area (Å²) in [5.74, 6) is 1.54. The van der Waals surface area contributed by atoms with E-state index < -0.39 is 15.3 Å². The van der Waals surface area contributed by atoms with Crippen molar-refractivity contribution in [2.24, 2.45) is 0 Å². The molecule has 0 bridgehead atoms. The molecule has 1 saturated carbocycles. The Morgan fingerprint density at radius 3 is 2.73 bits per heavy atom. The lowest BCUT2D eigenvalue weighted by atomic mass is 10.2. The maximum atomic E-state index is 13.1. The number of ether oxygens (including phenoxy) is 1. The lowest BCUT2D eigenvalue weighted by Gasteiger charge is -2.34. The molecule has 33 heavy (non-hydrogen) atoms. The van der Waals surface area contributed by atoms with Crippen molar-refractivity contribution < 1.29 is 13.2 Å². The van der Waals surface area contributed by atoms with Crippen molar-refractivity contribution in [2.45, 2.75) is 31.1 Å². The Bertz CT molecular complexity index is 1470. The highest BCUT2D eigenvalue weighted by atomic mass is 32.2. The Labute approximate surface area is 190 Å². The number of nitrogens with zero attached hydrogens (tertiary/aromatic N) is 7. The fourth-order valence-electron chi connectivity index (χ4n) is 4.31. The molecule has 1 saturated heterocycles. The lowest BCUT2D eigenvalue weighted by Crippen LogP contribution is -2.44. The van der Waals surface area contributed by atoms with Crippen LogP contribution in [0.5, 0.6) is 0 Å². The van der Waals surface area contributed by atoms with Crippen LogP contribution < -0.4 is 10.2 Å². The third kappa shape index (κ3) is 3.16. The maximum Gasteiger partial charge on any atom is 0.258 e. The zero-order valence-electron chi connectivity index (χ0n) is 18.3. The van der Waals surface area contributed by atoms with E-state index in [1.54, 1.807) is 13.2 Å². The molecular weight excluding hydrogens is 444 g/mol. The number of rotatable bonds is 5. The van der Waals surface area contributed by atoms with Crippen LogP contribution in [0.2, 0.25) is 0 Å². The molecule has 0 amide bonds. The van der Waals surface area contributed by atoms with E-state index in [2.05, 4.69) is 27.2 Å². The van der Waals surface area contributed by atoms with Crippen molar-refractivity contribution in [3.8, 4) is 5.95 Å². The summed E-state index contributed by atoms with van der Waals surface area (Å²) >= 11 is 0. The van der Waals surface area contributed by atoms with Crippen molar-refractivity contribution in [3.63, 3.8) is 0 Å². The van der Waals surface area contributed by atoms with Gasteiger partial charge >= 0.3 is 0 Å². The van der Waals surface area contributed by atoms with Gasteiger partial charge in [0.25, 0.3) is 10.0 Å². The van der Waals surface area contributed by atoms with Crippen molar-refractivity contribution >= 4 is 43.9 Å². The van der Waals surface area contributed by atoms with Gasteiger partial charge in [-0.25, -0.2) is 18.0 Å². The summed E-state index contributed by atoms with van der Waals surface area (Å²) in [6.07, 6.45) is 2.84. The molecule has 2 aliphatic rings. The summed E-state index contributed by atoms with van der Waals surface area (Å²) in [6, 6.07) is 7.76. The minimum atomic E-state index is -3.62. The Morgan fingerprint density at radius 2 is 1.97 bits per heavy atom. The SMILES string of the molecule is CNc1nc2ccccc2n1-c1nc(N2CCOCC2C)c2cnn(S(=O)(=O)C3CC3)c2n1. The van der Waals surface area contributed by atoms with E-state index in [9.17, 15) is 8.42 Å². The molecule has 172 valence electrons. The number of anilines is 2. The number of hydrogen-bond acceptors (Lipinski definition) is 9. The van der Waals surface area contributed by atoms with E-state index >= 15 is 0 Å². The van der Waals surface area contributed by atoms with Crippen LogP contribution >= 0.6 is 0 Å². The van der Waals surface area contributed by atoms with Gasteiger partial charge in [-0.05, 0) is 31.9 Å². The molecule has 4 aromatic rings. The molecule has 1 aliphatic heterocycles. The number of benzene rings is 1. The van der Waals surface area contributed by atoms with E-state index in [-0.39, 0.29) is 11.7 Å². The van der Waals surface area contributed by atoms with E-state index in [4.69, 9.17) is 14.7 Å². The Morgan fingerprint density at radius 1 is 1.15 bits per heavy atom. The van der Waals surface area contributed by atoms with Crippen LogP contribution in [0, 0.1) is 0 Å². The molecule has 11 nitrogen and oxygen atoms in total. The van der Waals surface area contributed by atoms with Crippen molar-refractivity contribution in [1.82, 2.24) is 28.7 Å². The van der Waals surface area contributed by atoms with Crippen molar-refractivity contribution in [1.29, 1.82) is 0 Å². The highest BCUT2D eigenvalue weighted by Crippen LogP contribution is 2.34. The van der Waals surface area contributed by atoms with Gasteiger partial charge in [-0.2, -0.15) is 15.1 Å². The molecule has 3 aromatic heterocycles. The van der Waals surface area contributed by atoms with Gasteiger partial charge in [0.2, 0.25) is 11.9 Å². The van der Waals surface area contributed by atoms with E-state index in [0.717, 1.165) is 15.1 Å². The van der Waals surface area contributed by atoms with Gasteiger partial charge < -0.3 is 15.0 Å². The molecule has 1 aromatic carbocycles. The summed E-state index contributed by atoms with van der Waals surface area (Å²) in [6.45, 7) is 3.82. The van der Waals surface area contributed by atoms with Crippen LogP contribution in [-0.4, -0.2) is 75.2 Å². The lowest BCUT2D eigenvalue weighted by molar-refractivity contribution is 0.0987. The van der Waals surface area contributed by atoms with Gasteiger partial charge in [-0.15, -0.1) is 4.09 Å². The fourth-order valence-corrected chi connectivity index (χ4v) is 5.88. The molecule has 0 spiro atoms. The summed E-state index contributed by atoms with van der Waals surface area (Å²) in [4.78, 5) is 16.4. The normalized spacial score (nSPS) is 19.5. The molecule has 1 unspecified atom stereocenters. The average molecular weight is 469 g/mol. The van der Waals surface area contributed by atoms with Crippen LogP contribution in [0.4, 0.5) is 11.8 Å². The summed E-state index contributed by atoms with van der Waals surface area (Å²) < 4.78 is 34.8. The first-order chi connectivity index (χ1) is 16.0. The van der Waals surface area contributed by atoms with Crippen LogP contribution in [0.15, 0.2) is 30.5 Å². The number of morpholine rings is 1. The first-order valence-electron chi connectivity index (χ1n) is 11.0. The van der Waals surface area contributed by atoms with Gasteiger partial charge in [0.15, 0.2) is 5.65 Å². The first-order valence-corrected chi connectivity index (χ1v) is 12.5. The molecule has 1 atom stereocenters. The van der Waals surface area contributed by atoms with E-state index in [1.165, 1.54) is 0 Å². The Hall–Kier alpha value is -3.25. The standard InChI is InChI=1S/C21H24N8O3S/c1-13-12-32-10-9-27(13)18-15-11-23-29(33(30,31)14-7-8-14)19(15)26-21(25-18)28-17-6-4-3-5-16(17)24-20(28)22-2/h3-6,11,13-14H,7-10,12H2,1-2H3,(H,22,24).